The molecule has 0 saturated heterocycles. The third-order valence-corrected chi connectivity index (χ3v) is 6.24. The predicted molar refractivity (Wildman–Crippen MR) is 130 cm³/mol. The van der Waals surface area contributed by atoms with Crippen LogP contribution in [-0.2, 0) is 21.1 Å². The van der Waals surface area contributed by atoms with Crippen molar-refractivity contribution in [2.75, 3.05) is 31.8 Å². The molecule has 0 aliphatic rings. The summed E-state index contributed by atoms with van der Waals surface area (Å²) in [6, 6.07) is 16.1. The first-order valence-corrected chi connectivity index (χ1v) is 12.7. The van der Waals surface area contributed by atoms with E-state index < -0.39 is 22.1 Å². The maximum absolute atomic E-state index is 13.0. The summed E-state index contributed by atoms with van der Waals surface area (Å²) in [5.41, 5.74) is 1.92. The third kappa shape index (κ3) is 7.54. The average Bonchev–Trinajstić information content (AvgIpc) is 2.81. The van der Waals surface area contributed by atoms with Gasteiger partial charge in [-0.15, -0.1) is 13.2 Å². The van der Waals surface area contributed by atoms with Crippen LogP contribution in [0.4, 0.5) is 18.9 Å². The van der Waals surface area contributed by atoms with Crippen LogP contribution in [0.1, 0.15) is 15.9 Å². The molecule has 7 nitrogen and oxygen atoms in total. The van der Waals surface area contributed by atoms with Gasteiger partial charge in [0.2, 0.25) is 0 Å². The number of benzene rings is 3. The topological polar surface area (TPSA) is 93.7 Å². The van der Waals surface area contributed by atoms with Crippen molar-refractivity contribution in [3.63, 3.8) is 0 Å². The molecule has 0 unspecified atom stereocenters. The molecule has 192 valence electrons. The number of rotatable bonds is 10. The van der Waals surface area contributed by atoms with Gasteiger partial charge in [-0.2, -0.15) is 0 Å². The fraction of sp³-hybridized carbons (Fsp3) is 0.240. The van der Waals surface area contributed by atoms with E-state index in [1.165, 1.54) is 48.5 Å². The lowest BCUT2D eigenvalue weighted by Crippen LogP contribution is -2.20. The fourth-order valence-corrected chi connectivity index (χ4v) is 4.06. The Morgan fingerprint density at radius 2 is 1.67 bits per heavy atom. The van der Waals surface area contributed by atoms with Gasteiger partial charge in [0.1, 0.15) is 5.75 Å². The molecule has 0 spiro atoms. The van der Waals surface area contributed by atoms with Crippen LogP contribution in [0.15, 0.2) is 71.6 Å². The van der Waals surface area contributed by atoms with Gasteiger partial charge in [-0.3, -0.25) is 4.79 Å². The van der Waals surface area contributed by atoms with Crippen molar-refractivity contribution < 1.29 is 35.9 Å². The highest BCUT2D eigenvalue weighted by Crippen LogP contribution is 2.36. The van der Waals surface area contributed by atoms with Crippen LogP contribution in [0.25, 0.3) is 11.1 Å². The molecule has 2 N–H and O–H groups in total. The molecule has 0 heterocycles. The number of carbonyl (C=O) groups is 1. The number of halogens is 3. The van der Waals surface area contributed by atoms with Crippen LogP contribution in [0.3, 0.4) is 0 Å². The van der Waals surface area contributed by atoms with Crippen LogP contribution in [-0.4, -0.2) is 47.2 Å². The Bertz CT molecular complexity index is 1310. The normalized spacial score (nSPS) is 11.8. The summed E-state index contributed by atoms with van der Waals surface area (Å²) in [7, 11) is -1.83. The Morgan fingerprint density at radius 3 is 2.31 bits per heavy atom. The van der Waals surface area contributed by atoms with Crippen LogP contribution < -0.4 is 15.4 Å². The summed E-state index contributed by atoms with van der Waals surface area (Å²) in [4.78, 5) is 13.0. The van der Waals surface area contributed by atoms with Crippen LogP contribution >= 0.6 is 0 Å². The molecular formula is C25H25F3N2O5S. The van der Waals surface area contributed by atoms with E-state index in [2.05, 4.69) is 15.4 Å². The Morgan fingerprint density at radius 1 is 0.972 bits per heavy atom. The van der Waals surface area contributed by atoms with Gasteiger partial charge >= 0.3 is 6.36 Å². The van der Waals surface area contributed by atoms with Gasteiger partial charge in [0.15, 0.2) is 9.84 Å². The molecule has 3 rings (SSSR count). The molecule has 1 amide bonds. The van der Waals surface area contributed by atoms with Crippen molar-refractivity contribution in [1.29, 1.82) is 0 Å². The second kappa shape index (κ2) is 11.5. The molecule has 36 heavy (non-hydrogen) atoms. The molecule has 3 aromatic carbocycles. The fourth-order valence-electron chi connectivity index (χ4n) is 3.43. The van der Waals surface area contributed by atoms with Gasteiger partial charge in [0, 0.05) is 43.3 Å². The lowest BCUT2D eigenvalue weighted by molar-refractivity contribution is -0.274. The standard InChI is InChI=1S/C25H25F3N2O5S/c1-34-14-13-29-16-18-15-17(24(31)30-19-8-10-20(11-9-19)36(2,32)33)7-12-21(18)22-5-3-4-6-23(22)35-25(26,27)28/h3-12,15,29H,13-14,16H2,1-2H3,(H,30,31). The van der Waals surface area contributed by atoms with E-state index in [-0.39, 0.29) is 28.3 Å². The SMILES string of the molecule is COCCNCc1cc(C(=O)Nc2ccc(S(C)(=O)=O)cc2)ccc1-c1ccccc1OC(F)(F)F. The number of ether oxygens (including phenoxy) is 2. The highest BCUT2D eigenvalue weighted by Gasteiger charge is 2.32. The van der Waals surface area contributed by atoms with Gasteiger partial charge in [-0.25, -0.2) is 8.42 Å². The van der Waals surface area contributed by atoms with E-state index in [0.29, 0.717) is 30.0 Å². The Hall–Kier alpha value is -3.41. The minimum atomic E-state index is -4.86. The molecule has 0 saturated carbocycles. The van der Waals surface area contributed by atoms with E-state index in [0.717, 1.165) is 6.26 Å². The number of hydrogen-bond acceptors (Lipinski definition) is 6. The summed E-state index contributed by atoms with van der Waals surface area (Å²) in [6.45, 7) is 1.16. The zero-order valence-electron chi connectivity index (χ0n) is 19.6. The van der Waals surface area contributed by atoms with Crippen LogP contribution in [0.2, 0.25) is 0 Å². The average molecular weight is 523 g/mol. The quantitative estimate of drug-likeness (QED) is 0.377. The lowest BCUT2D eigenvalue weighted by atomic mass is 9.96. The Kier molecular flexibility index (Phi) is 8.72. The number of sulfone groups is 1. The van der Waals surface area contributed by atoms with E-state index in [4.69, 9.17) is 4.74 Å². The zero-order valence-corrected chi connectivity index (χ0v) is 20.4. The number of nitrogens with one attached hydrogen (secondary N) is 2. The van der Waals surface area contributed by atoms with Crippen LogP contribution in [0.5, 0.6) is 5.75 Å². The van der Waals surface area contributed by atoms with Crippen molar-refractivity contribution in [2.45, 2.75) is 17.8 Å². The third-order valence-electron chi connectivity index (χ3n) is 5.11. The van der Waals surface area contributed by atoms with Crippen molar-refractivity contribution in [1.82, 2.24) is 5.32 Å². The largest absolute Gasteiger partial charge is 0.573 e. The number of amides is 1. The zero-order chi connectivity index (χ0) is 26.3. The molecule has 0 aromatic heterocycles. The molecule has 0 aliphatic heterocycles. The van der Waals surface area contributed by atoms with E-state index in [1.807, 2.05) is 0 Å². The summed E-state index contributed by atoms with van der Waals surface area (Å²) in [5, 5.41) is 5.83. The number of para-hydroxylation sites is 1. The number of anilines is 1. The minimum absolute atomic E-state index is 0.119. The first-order chi connectivity index (χ1) is 17.0. The van der Waals surface area contributed by atoms with Gasteiger partial charge in [0.25, 0.3) is 5.91 Å². The smallest absolute Gasteiger partial charge is 0.405 e. The van der Waals surface area contributed by atoms with E-state index >= 15 is 0 Å². The molecule has 0 aliphatic carbocycles. The minimum Gasteiger partial charge on any atom is -0.405 e. The monoisotopic (exact) mass is 522 g/mol. The lowest BCUT2D eigenvalue weighted by Gasteiger charge is -2.17. The molecule has 0 atom stereocenters. The number of hydrogen-bond donors (Lipinski definition) is 2. The molecule has 3 aromatic rings. The van der Waals surface area contributed by atoms with Gasteiger partial charge < -0.3 is 20.1 Å². The van der Waals surface area contributed by atoms with Crippen molar-refractivity contribution in [2.24, 2.45) is 0 Å². The second-order valence-electron chi connectivity index (χ2n) is 7.84. The van der Waals surface area contributed by atoms with Crippen molar-refractivity contribution in [3.05, 3.63) is 77.9 Å². The first kappa shape index (κ1) is 27.2. The maximum Gasteiger partial charge on any atom is 0.573 e. The van der Waals surface area contributed by atoms with Crippen LogP contribution in [0, 0.1) is 0 Å². The number of carbonyl (C=O) groups excluding carboxylic acids is 1. The highest BCUT2D eigenvalue weighted by atomic mass is 32.2. The molecule has 0 fully saturated rings. The summed E-state index contributed by atoms with van der Waals surface area (Å²) in [5.74, 6) is -0.821. The van der Waals surface area contributed by atoms with E-state index in [9.17, 15) is 26.4 Å². The van der Waals surface area contributed by atoms with E-state index in [1.54, 1.807) is 25.3 Å². The highest BCUT2D eigenvalue weighted by molar-refractivity contribution is 7.90. The summed E-state index contributed by atoms with van der Waals surface area (Å²) < 4.78 is 71.4. The van der Waals surface area contributed by atoms with Crippen molar-refractivity contribution in [3.8, 4) is 16.9 Å². The summed E-state index contributed by atoms with van der Waals surface area (Å²) in [6.07, 6.45) is -3.78. The first-order valence-electron chi connectivity index (χ1n) is 10.8. The Labute approximate surface area is 207 Å². The van der Waals surface area contributed by atoms with Crippen molar-refractivity contribution >= 4 is 21.4 Å². The van der Waals surface area contributed by atoms with Gasteiger partial charge in [-0.1, -0.05) is 24.3 Å². The maximum atomic E-state index is 13.0. The Balaban J connectivity index is 1.92. The predicted octanol–water partition coefficient (Wildman–Crippen LogP) is 4.64. The molecule has 0 radical (unpaired) electrons. The summed E-state index contributed by atoms with van der Waals surface area (Å²) >= 11 is 0. The molecular weight excluding hydrogens is 497 g/mol. The van der Waals surface area contributed by atoms with Gasteiger partial charge in [0.05, 0.1) is 11.5 Å². The number of alkyl halides is 3. The van der Waals surface area contributed by atoms with Gasteiger partial charge in [-0.05, 0) is 53.6 Å². The second-order valence-corrected chi connectivity index (χ2v) is 9.85. The molecule has 0 bridgehead atoms. The number of methoxy groups -OCH3 is 1. The molecule has 11 heteroatoms.